The zero-order valence-electron chi connectivity index (χ0n) is 16.4. The molecule has 1 heterocycles. The van der Waals surface area contributed by atoms with Crippen LogP contribution in [0.3, 0.4) is 0 Å². The Labute approximate surface area is 206 Å². The second kappa shape index (κ2) is 11.7. The van der Waals surface area contributed by atoms with Crippen LogP contribution in [-0.4, -0.2) is 17.6 Å². The van der Waals surface area contributed by atoms with E-state index < -0.39 is 0 Å². The van der Waals surface area contributed by atoms with Crippen molar-refractivity contribution in [3.8, 4) is 5.75 Å². The number of methoxy groups -OCH3 is 1. The van der Waals surface area contributed by atoms with Crippen LogP contribution in [0.5, 0.6) is 5.75 Å². The third-order valence-corrected chi connectivity index (χ3v) is 6.48. The monoisotopic (exact) mass is 784 g/mol. The fraction of sp³-hybridized carbons (Fsp3) is 0.286. The van der Waals surface area contributed by atoms with Crippen molar-refractivity contribution in [2.24, 2.45) is 7.05 Å². The van der Waals surface area contributed by atoms with E-state index in [-0.39, 0.29) is 0 Å². The topological polar surface area (TPSA) is 22.3 Å². The molecule has 0 saturated carbocycles. The zero-order valence-corrected chi connectivity index (χ0v) is 23.0. The summed E-state index contributed by atoms with van der Waals surface area (Å²) in [6, 6.07) is 14.8. The Balaban J connectivity index is 0.000000209. The van der Waals surface area contributed by atoms with E-state index in [9.17, 15) is 0 Å². The van der Waals surface area contributed by atoms with E-state index in [1.165, 1.54) is 26.1 Å². The van der Waals surface area contributed by atoms with Gasteiger partial charge >= 0.3 is 106 Å². The predicted octanol–water partition coefficient (Wildman–Crippen LogP) is 5.77. The Hall–Kier alpha value is -0.442. The molecule has 0 N–H and O–H groups in total. The van der Waals surface area contributed by atoms with E-state index >= 15 is 0 Å². The first-order valence-electron chi connectivity index (χ1n) is 8.75. The second-order valence-electron chi connectivity index (χ2n) is 6.51. The molecule has 28 heavy (non-hydrogen) atoms. The summed E-state index contributed by atoms with van der Waals surface area (Å²) < 4.78 is 12.8. The third-order valence-electron chi connectivity index (χ3n) is 4.34. The number of hydrogen-bond acceptors (Lipinski definition) is 2. The van der Waals surface area contributed by atoms with Crippen LogP contribution in [0.4, 0.5) is 0 Å². The van der Waals surface area contributed by atoms with Crippen LogP contribution in [0.25, 0.3) is 0 Å². The molecule has 0 aliphatic rings. The average Bonchev–Trinajstić information content (AvgIpc) is 2.98. The molecule has 0 unspecified atom stereocenters. The Morgan fingerprint density at radius 3 is 2.11 bits per heavy atom. The number of hydrogen-bond donors (Lipinski definition) is 0. The SMILES string of the molecule is COc1ccc(Cn2ccn(C)[c]2=[Pt])cc1.Cc1ccc(CN(I)I)cc1C. The molecule has 0 amide bonds. The van der Waals surface area contributed by atoms with Crippen molar-refractivity contribution in [2.45, 2.75) is 26.9 Å². The van der Waals surface area contributed by atoms with Crippen molar-refractivity contribution in [2.75, 3.05) is 7.11 Å². The molecule has 0 radical (unpaired) electrons. The number of ether oxygens (including phenoxy) is 1. The van der Waals surface area contributed by atoms with Crippen LogP contribution in [0.15, 0.2) is 54.9 Å². The van der Waals surface area contributed by atoms with Crippen LogP contribution >= 0.6 is 45.7 Å². The van der Waals surface area contributed by atoms with Crippen LogP contribution < -0.4 is 4.74 Å². The number of aryl methyl sites for hydroxylation is 3. The molecule has 0 aliphatic heterocycles. The minimum atomic E-state index is 0.893. The molecular weight excluding hydrogens is 759 g/mol. The quantitative estimate of drug-likeness (QED) is 0.243. The predicted molar refractivity (Wildman–Crippen MR) is 128 cm³/mol. The maximum Gasteiger partial charge on any atom is 0.0436 e. The Morgan fingerprint density at radius 2 is 1.61 bits per heavy atom. The van der Waals surface area contributed by atoms with E-state index in [0.29, 0.717) is 0 Å². The van der Waals surface area contributed by atoms with Crippen LogP contribution in [0.2, 0.25) is 0 Å². The first-order valence-corrected chi connectivity index (χ1v) is 11.8. The summed E-state index contributed by atoms with van der Waals surface area (Å²) in [5, 5.41) is 0. The average molecular weight is 784 g/mol. The van der Waals surface area contributed by atoms with Gasteiger partial charge in [-0.25, -0.2) is 0 Å². The van der Waals surface area contributed by atoms with Gasteiger partial charge in [-0.05, 0) is 30.5 Å². The van der Waals surface area contributed by atoms with Crippen molar-refractivity contribution in [1.82, 2.24) is 10.5 Å². The summed E-state index contributed by atoms with van der Waals surface area (Å²) in [5.74, 6) is 0.900. The molecule has 1 aromatic heterocycles. The van der Waals surface area contributed by atoms with Gasteiger partial charge in [-0.1, -0.05) is 18.2 Å². The Bertz CT molecular complexity index is 949. The molecule has 0 saturated heterocycles. The van der Waals surface area contributed by atoms with Gasteiger partial charge in [0.15, 0.2) is 0 Å². The third kappa shape index (κ3) is 7.43. The van der Waals surface area contributed by atoms with Crippen molar-refractivity contribution in [1.29, 1.82) is 0 Å². The summed E-state index contributed by atoms with van der Waals surface area (Å²) in [5.41, 5.74) is 5.39. The number of rotatable bonds is 5. The maximum absolute atomic E-state index is 5.13. The summed E-state index contributed by atoms with van der Waals surface area (Å²) in [6.07, 6.45) is 4.15. The van der Waals surface area contributed by atoms with E-state index in [0.717, 1.165) is 18.8 Å². The smallest absolute Gasteiger partial charge is 0.0436 e. The maximum atomic E-state index is 5.13. The Morgan fingerprint density at radius 1 is 0.964 bits per heavy atom. The standard InChI is InChI=1S/C12H14N2O.C9H11I2N.Pt/c1-13-7-8-14(10-13)9-11-3-5-12(15-2)6-4-11;1-7-3-4-9(5-8(7)2)6-12(10)11;/h3-8H,9H2,1-2H3;3-5H,6H2,1-2H3;. The van der Waals surface area contributed by atoms with Crippen molar-refractivity contribution in [3.63, 3.8) is 0 Å². The molecule has 3 rings (SSSR count). The molecule has 0 atom stereocenters. The molecule has 0 aliphatic carbocycles. The van der Waals surface area contributed by atoms with E-state index in [1.807, 2.05) is 19.2 Å². The molecule has 4 nitrogen and oxygen atoms in total. The number of halogens is 2. The molecule has 0 spiro atoms. The summed E-state index contributed by atoms with van der Waals surface area (Å²) in [4.78, 5) is 0. The van der Waals surface area contributed by atoms with Gasteiger partial charge in [0.25, 0.3) is 0 Å². The molecule has 0 bridgehead atoms. The fourth-order valence-electron chi connectivity index (χ4n) is 2.58. The molecule has 154 valence electrons. The van der Waals surface area contributed by atoms with Crippen molar-refractivity contribution < 1.29 is 24.1 Å². The van der Waals surface area contributed by atoms with Gasteiger partial charge in [0, 0.05) is 52.3 Å². The first kappa shape index (κ1) is 23.8. The summed E-state index contributed by atoms with van der Waals surface area (Å²) in [6.45, 7) is 6.19. The molecule has 2 aromatic carbocycles. The molecule has 0 fully saturated rings. The fourth-order valence-corrected chi connectivity index (χ4v) is 3.88. The Kier molecular flexibility index (Phi) is 9.93. The van der Waals surface area contributed by atoms with Gasteiger partial charge in [0.1, 0.15) is 0 Å². The first-order chi connectivity index (χ1) is 13.3. The van der Waals surface area contributed by atoms with E-state index in [2.05, 4.69) is 132 Å². The largest absolute Gasteiger partial charge is 0.184 e. The molecule has 7 heteroatoms. The van der Waals surface area contributed by atoms with Crippen LogP contribution in [-0.2, 0) is 39.5 Å². The number of aromatic nitrogens is 2. The summed E-state index contributed by atoms with van der Waals surface area (Å²) >= 11 is 6.90. The van der Waals surface area contributed by atoms with E-state index in [4.69, 9.17) is 4.74 Å². The van der Waals surface area contributed by atoms with Gasteiger partial charge in [-0.2, -0.15) is 1.33 Å². The number of benzene rings is 2. The number of nitrogens with zero attached hydrogens (tertiary/aromatic N) is 3. The van der Waals surface area contributed by atoms with Crippen molar-refractivity contribution in [3.05, 3.63) is 80.9 Å². The normalized spacial score (nSPS) is 10.6. The minimum absolute atomic E-state index is 0.893. The second-order valence-corrected chi connectivity index (χ2v) is 11.7. The minimum Gasteiger partial charge on any atom is -0.184 e. The van der Waals surface area contributed by atoms with Gasteiger partial charge in [-0.3, -0.25) is 0 Å². The zero-order chi connectivity index (χ0) is 20.7. The van der Waals surface area contributed by atoms with Crippen LogP contribution in [0, 0.1) is 17.7 Å². The summed E-state index contributed by atoms with van der Waals surface area (Å²) in [7, 11) is 3.73. The number of imidazole rings is 1. The van der Waals surface area contributed by atoms with Crippen LogP contribution in [0.1, 0.15) is 22.3 Å². The van der Waals surface area contributed by atoms with Crippen molar-refractivity contribution >= 4 is 45.7 Å². The van der Waals surface area contributed by atoms with Gasteiger partial charge in [-0.15, -0.1) is 0 Å². The van der Waals surface area contributed by atoms with Gasteiger partial charge < -0.3 is 0 Å². The molecular formula is C21H25I2N3OPt. The van der Waals surface area contributed by atoms with Gasteiger partial charge in [0.2, 0.25) is 0 Å². The van der Waals surface area contributed by atoms with E-state index in [1.54, 1.807) is 7.11 Å². The van der Waals surface area contributed by atoms with Gasteiger partial charge in [0.05, 0.1) is 0 Å². The molecule has 3 aromatic rings.